The number of rotatable bonds is 3. The van der Waals surface area contributed by atoms with Crippen LogP contribution in [0.15, 0.2) is 30.3 Å². The molecule has 1 aliphatic rings. The Morgan fingerprint density at radius 2 is 2.00 bits per heavy atom. The minimum Gasteiger partial charge on any atom is -0.329 e. The first-order valence-corrected chi connectivity index (χ1v) is 8.58. The number of thiophene rings is 1. The Bertz CT molecular complexity index is 617. The van der Waals surface area contributed by atoms with E-state index >= 15 is 0 Å². The molecule has 1 aromatic heterocycles. The Balaban J connectivity index is 1.89. The highest BCUT2D eigenvalue weighted by Gasteiger charge is 2.24. The molecule has 0 radical (unpaired) electrons. The molecule has 2 nitrogen and oxygen atoms in total. The number of aryl methyl sites for hydroxylation is 3. The summed E-state index contributed by atoms with van der Waals surface area (Å²) in [5, 5.41) is 0. The van der Waals surface area contributed by atoms with Crippen molar-refractivity contribution < 1.29 is 0 Å². The van der Waals surface area contributed by atoms with Crippen LogP contribution in [-0.2, 0) is 13.0 Å². The van der Waals surface area contributed by atoms with E-state index in [1.54, 1.807) is 0 Å². The van der Waals surface area contributed by atoms with Crippen LogP contribution in [0, 0.1) is 13.8 Å². The molecule has 3 rings (SSSR count). The molecule has 0 fully saturated rings. The first kappa shape index (κ1) is 14.8. The summed E-state index contributed by atoms with van der Waals surface area (Å²) in [7, 11) is 0. The van der Waals surface area contributed by atoms with Crippen LogP contribution in [0.1, 0.15) is 38.9 Å². The summed E-state index contributed by atoms with van der Waals surface area (Å²) in [6.45, 7) is 7.25. The molecule has 0 amide bonds. The lowest BCUT2D eigenvalue weighted by Gasteiger charge is -2.30. The SMILES string of the molecule is Cc1cc(C(CN)N2CCCc3ccccc3C2)c(C)s1. The molecule has 0 saturated heterocycles. The maximum Gasteiger partial charge on any atom is 0.0484 e. The number of benzene rings is 1. The lowest BCUT2D eigenvalue weighted by atomic mass is 10.0. The standard InChI is InChI=1S/C18H24N2S/c1-13-10-17(14(2)21-13)18(11-19)20-9-5-8-15-6-3-4-7-16(15)12-20/h3-4,6-7,10,18H,5,8-9,11-12,19H2,1-2H3. The molecule has 1 atom stereocenters. The van der Waals surface area contributed by atoms with Gasteiger partial charge in [-0.3, -0.25) is 4.90 Å². The van der Waals surface area contributed by atoms with Gasteiger partial charge in [0.1, 0.15) is 0 Å². The average Bonchev–Trinajstić information content (AvgIpc) is 2.69. The van der Waals surface area contributed by atoms with E-state index in [0.29, 0.717) is 12.6 Å². The summed E-state index contributed by atoms with van der Waals surface area (Å²) in [6.07, 6.45) is 2.40. The molecule has 2 N–H and O–H groups in total. The summed E-state index contributed by atoms with van der Waals surface area (Å²) in [5.41, 5.74) is 10.6. The zero-order valence-electron chi connectivity index (χ0n) is 12.9. The van der Waals surface area contributed by atoms with Gasteiger partial charge in [0.05, 0.1) is 0 Å². The van der Waals surface area contributed by atoms with Crippen molar-refractivity contribution in [2.45, 2.75) is 39.3 Å². The molecule has 112 valence electrons. The Morgan fingerprint density at radius 1 is 1.24 bits per heavy atom. The van der Waals surface area contributed by atoms with Gasteiger partial charge in [0.15, 0.2) is 0 Å². The fraction of sp³-hybridized carbons (Fsp3) is 0.444. The second-order valence-corrected chi connectivity index (χ2v) is 7.42. The topological polar surface area (TPSA) is 29.3 Å². The van der Waals surface area contributed by atoms with Crippen LogP contribution in [0.3, 0.4) is 0 Å². The van der Waals surface area contributed by atoms with E-state index in [-0.39, 0.29) is 0 Å². The van der Waals surface area contributed by atoms with Gasteiger partial charge in [-0.2, -0.15) is 0 Å². The first-order valence-electron chi connectivity index (χ1n) is 7.77. The summed E-state index contributed by atoms with van der Waals surface area (Å²) < 4.78 is 0. The fourth-order valence-corrected chi connectivity index (χ4v) is 4.43. The first-order chi connectivity index (χ1) is 10.2. The van der Waals surface area contributed by atoms with Gasteiger partial charge in [0.2, 0.25) is 0 Å². The zero-order chi connectivity index (χ0) is 14.8. The summed E-state index contributed by atoms with van der Waals surface area (Å²) in [5.74, 6) is 0. The molecule has 0 spiro atoms. The fourth-order valence-electron chi connectivity index (χ4n) is 3.45. The number of nitrogens with zero attached hydrogens (tertiary/aromatic N) is 1. The van der Waals surface area contributed by atoms with Crippen molar-refractivity contribution in [2.75, 3.05) is 13.1 Å². The predicted octanol–water partition coefficient (Wildman–Crippen LogP) is 3.81. The van der Waals surface area contributed by atoms with Gasteiger partial charge in [-0.25, -0.2) is 0 Å². The van der Waals surface area contributed by atoms with Crippen LogP contribution < -0.4 is 5.73 Å². The van der Waals surface area contributed by atoms with Crippen molar-refractivity contribution in [1.29, 1.82) is 0 Å². The van der Waals surface area contributed by atoms with Gasteiger partial charge in [-0.05, 0) is 56.0 Å². The quantitative estimate of drug-likeness (QED) is 0.934. The van der Waals surface area contributed by atoms with Crippen molar-refractivity contribution >= 4 is 11.3 Å². The largest absolute Gasteiger partial charge is 0.329 e. The number of hydrogen-bond acceptors (Lipinski definition) is 3. The lowest BCUT2D eigenvalue weighted by Crippen LogP contribution is -2.33. The predicted molar refractivity (Wildman–Crippen MR) is 90.8 cm³/mol. The number of nitrogens with two attached hydrogens (primary N) is 1. The molecular weight excluding hydrogens is 276 g/mol. The molecular formula is C18H24N2S. The second-order valence-electron chi connectivity index (χ2n) is 5.96. The zero-order valence-corrected chi connectivity index (χ0v) is 13.7. The van der Waals surface area contributed by atoms with E-state index in [0.717, 1.165) is 13.1 Å². The maximum absolute atomic E-state index is 6.15. The summed E-state index contributed by atoms with van der Waals surface area (Å²) in [6, 6.07) is 11.5. The van der Waals surface area contributed by atoms with E-state index < -0.39 is 0 Å². The average molecular weight is 300 g/mol. The monoisotopic (exact) mass is 300 g/mol. The molecule has 1 unspecified atom stereocenters. The third kappa shape index (κ3) is 3.05. The van der Waals surface area contributed by atoms with Crippen LogP contribution in [0.5, 0.6) is 0 Å². The highest BCUT2D eigenvalue weighted by molar-refractivity contribution is 7.12. The van der Waals surface area contributed by atoms with Gasteiger partial charge < -0.3 is 5.73 Å². The molecule has 2 heterocycles. The molecule has 3 heteroatoms. The lowest BCUT2D eigenvalue weighted by molar-refractivity contribution is 0.195. The minimum absolute atomic E-state index is 0.348. The highest BCUT2D eigenvalue weighted by atomic mass is 32.1. The van der Waals surface area contributed by atoms with Gasteiger partial charge >= 0.3 is 0 Å². The van der Waals surface area contributed by atoms with Crippen molar-refractivity contribution in [2.24, 2.45) is 5.73 Å². The number of hydrogen-bond donors (Lipinski definition) is 1. The Kier molecular flexibility index (Phi) is 4.43. The summed E-state index contributed by atoms with van der Waals surface area (Å²) in [4.78, 5) is 5.37. The minimum atomic E-state index is 0.348. The van der Waals surface area contributed by atoms with E-state index in [2.05, 4.69) is 49.1 Å². The van der Waals surface area contributed by atoms with Crippen LogP contribution in [0.4, 0.5) is 0 Å². The van der Waals surface area contributed by atoms with Crippen molar-refractivity contribution in [3.05, 3.63) is 56.8 Å². The second kappa shape index (κ2) is 6.30. The van der Waals surface area contributed by atoms with E-state index in [1.807, 2.05) is 11.3 Å². The van der Waals surface area contributed by atoms with Crippen LogP contribution in [0.2, 0.25) is 0 Å². The Hall–Kier alpha value is -1.16. The third-order valence-electron chi connectivity index (χ3n) is 4.49. The maximum atomic E-state index is 6.15. The normalized spacial score (nSPS) is 17.3. The summed E-state index contributed by atoms with van der Waals surface area (Å²) >= 11 is 1.89. The molecule has 0 bridgehead atoms. The van der Waals surface area contributed by atoms with E-state index in [1.165, 1.54) is 39.3 Å². The Labute approximate surface area is 131 Å². The molecule has 1 aliphatic heterocycles. The van der Waals surface area contributed by atoms with Gasteiger partial charge in [0, 0.05) is 28.9 Å². The molecule has 0 aliphatic carbocycles. The van der Waals surface area contributed by atoms with Crippen LogP contribution in [-0.4, -0.2) is 18.0 Å². The molecule has 21 heavy (non-hydrogen) atoms. The van der Waals surface area contributed by atoms with Crippen LogP contribution in [0.25, 0.3) is 0 Å². The van der Waals surface area contributed by atoms with Gasteiger partial charge in [0.25, 0.3) is 0 Å². The third-order valence-corrected chi connectivity index (χ3v) is 5.47. The van der Waals surface area contributed by atoms with Crippen molar-refractivity contribution in [1.82, 2.24) is 4.90 Å². The smallest absolute Gasteiger partial charge is 0.0484 e. The van der Waals surface area contributed by atoms with Crippen LogP contribution >= 0.6 is 11.3 Å². The van der Waals surface area contributed by atoms with E-state index in [9.17, 15) is 0 Å². The molecule has 2 aromatic rings. The van der Waals surface area contributed by atoms with Crippen molar-refractivity contribution in [3.8, 4) is 0 Å². The van der Waals surface area contributed by atoms with Gasteiger partial charge in [-0.15, -0.1) is 11.3 Å². The van der Waals surface area contributed by atoms with E-state index in [4.69, 9.17) is 5.73 Å². The Morgan fingerprint density at radius 3 is 2.67 bits per heavy atom. The molecule has 0 saturated carbocycles. The highest BCUT2D eigenvalue weighted by Crippen LogP contribution is 2.32. The van der Waals surface area contributed by atoms with Gasteiger partial charge in [-0.1, -0.05) is 24.3 Å². The molecule has 1 aromatic carbocycles. The van der Waals surface area contributed by atoms with Crippen molar-refractivity contribution in [3.63, 3.8) is 0 Å². The number of fused-ring (bicyclic) bond motifs is 1.